The second-order valence-corrected chi connectivity index (χ2v) is 6.48. The average molecular weight is 499 g/mol. The SMILES string of the molecule is CCNC(=NCc1cc(CC)no1)N1CCN(c2ccc(OC)cc2)CC1.I. The molecule has 1 fully saturated rings. The molecule has 1 N–H and O–H groups in total. The number of hydrogen-bond donors (Lipinski definition) is 1. The minimum absolute atomic E-state index is 0. The Morgan fingerprint density at radius 2 is 1.89 bits per heavy atom. The van der Waals surface area contributed by atoms with E-state index in [1.165, 1.54) is 5.69 Å². The van der Waals surface area contributed by atoms with E-state index in [1.54, 1.807) is 7.11 Å². The molecule has 0 saturated carbocycles. The van der Waals surface area contributed by atoms with Crippen LogP contribution >= 0.6 is 24.0 Å². The molecule has 8 heteroatoms. The Kier molecular flexibility index (Phi) is 8.88. The summed E-state index contributed by atoms with van der Waals surface area (Å²) < 4.78 is 10.6. The van der Waals surface area contributed by atoms with Gasteiger partial charge in [0.25, 0.3) is 0 Å². The molecule has 0 aliphatic carbocycles. The number of nitrogens with zero attached hydrogens (tertiary/aromatic N) is 4. The lowest BCUT2D eigenvalue weighted by atomic mass is 10.2. The zero-order valence-electron chi connectivity index (χ0n) is 16.9. The Labute approximate surface area is 184 Å². The third kappa shape index (κ3) is 5.76. The van der Waals surface area contributed by atoms with Gasteiger partial charge in [0, 0.05) is 44.5 Å². The molecule has 0 bridgehead atoms. The van der Waals surface area contributed by atoms with Gasteiger partial charge >= 0.3 is 0 Å². The molecule has 7 nitrogen and oxygen atoms in total. The van der Waals surface area contributed by atoms with Crippen molar-refractivity contribution >= 4 is 35.6 Å². The van der Waals surface area contributed by atoms with Crippen LogP contribution < -0.4 is 15.0 Å². The molecule has 1 aromatic heterocycles. The van der Waals surface area contributed by atoms with E-state index in [0.717, 1.165) is 62.3 Å². The van der Waals surface area contributed by atoms with Crippen LogP contribution in [0, 0.1) is 0 Å². The highest BCUT2D eigenvalue weighted by Crippen LogP contribution is 2.20. The first-order valence-corrected chi connectivity index (χ1v) is 9.60. The molecule has 2 aromatic rings. The van der Waals surface area contributed by atoms with Crippen molar-refractivity contribution in [3.05, 3.63) is 41.8 Å². The second kappa shape index (κ2) is 11.1. The van der Waals surface area contributed by atoms with Crippen molar-refractivity contribution < 1.29 is 9.26 Å². The summed E-state index contributed by atoms with van der Waals surface area (Å²) in [6.07, 6.45) is 0.876. The van der Waals surface area contributed by atoms with Crippen LogP contribution in [0.25, 0.3) is 0 Å². The molecule has 154 valence electrons. The summed E-state index contributed by atoms with van der Waals surface area (Å²) in [6.45, 7) is 9.27. The Morgan fingerprint density at radius 3 is 2.46 bits per heavy atom. The molecule has 0 unspecified atom stereocenters. The van der Waals surface area contributed by atoms with Gasteiger partial charge in [0.2, 0.25) is 0 Å². The number of anilines is 1. The summed E-state index contributed by atoms with van der Waals surface area (Å²) in [4.78, 5) is 9.44. The van der Waals surface area contributed by atoms with Crippen LogP contribution in [0.3, 0.4) is 0 Å². The monoisotopic (exact) mass is 499 g/mol. The van der Waals surface area contributed by atoms with Crippen molar-refractivity contribution in [2.24, 2.45) is 4.99 Å². The van der Waals surface area contributed by atoms with Crippen LogP contribution in [0.5, 0.6) is 5.75 Å². The standard InChI is InChI=1S/C20H29N5O2.HI/c1-4-16-14-19(27-23-16)15-22-20(21-5-2)25-12-10-24(11-13-25)17-6-8-18(26-3)9-7-17;/h6-9,14H,4-5,10-13,15H2,1-3H3,(H,21,22);1H. The van der Waals surface area contributed by atoms with Crippen molar-refractivity contribution in [1.82, 2.24) is 15.4 Å². The first-order valence-electron chi connectivity index (χ1n) is 9.60. The van der Waals surface area contributed by atoms with E-state index in [1.807, 2.05) is 18.2 Å². The number of hydrogen-bond acceptors (Lipinski definition) is 5. The van der Waals surface area contributed by atoms with E-state index in [2.05, 4.69) is 46.3 Å². The maximum absolute atomic E-state index is 5.34. The fourth-order valence-electron chi connectivity index (χ4n) is 3.15. The molecular weight excluding hydrogens is 469 g/mol. The fraction of sp³-hybridized carbons (Fsp3) is 0.500. The molecule has 1 aliphatic heterocycles. The molecule has 0 spiro atoms. The summed E-state index contributed by atoms with van der Waals surface area (Å²) in [6, 6.07) is 10.2. The third-order valence-electron chi connectivity index (χ3n) is 4.71. The van der Waals surface area contributed by atoms with Crippen molar-refractivity contribution in [3.63, 3.8) is 0 Å². The summed E-state index contributed by atoms with van der Waals surface area (Å²) in [5.74, 6) is 2.62. The second-order valence-electron chi connectivity index (χ2n) is 6.48. The molecule has 0 atom stereocenters. The smallest absolute Gasteiger partial charge is 0.194 e. The number of aryl methyl sites for hydroxylation is 1. The molecule has 2 heterocycles. The van der Waals surface area contributed by atoms with Crippen molar-refractivity contribution in [1.29, 1.82) is 0 Å². The number of halogens is 1. The number of aliphatic imine (C=N–C) groups is 1. The molecule has 1 aliphatic rings. The largest absolute Gasteiger partial charge is 0.497 e. The van der Waals surface area contributed by atoms with Gasteiger partial charge in [0.05, 0.1) is 12.8 Å². The number of benzene rings is 1. The number of nitrogens with one attached hydrogen (secondary N) is 1. The van der Waals surface area contributed by atoms with Gasteiger partial charge in [-0.15, -0.1) is 24.0 Å². The number of methoxy groups -OCH3 is 1. The highest BCUT2D eigenvalue weighted by atomic mass is 127. The van der Waals surface area contributed by atoms with Gasteiger partial charge in [-0.1, -0.05) is 12.1 Å². The molecule has 1 saturated heterocycles. The van der Waals surface area contributed by atoms with E-state index in [4.69, 9.17) is 14.3 Å². The average Bonchev–Trinajstić information content (AvgIpc) is 3.19. The van der Waals surface area contributed by atoms with E-state index in [9.17, 15) is 0 Å². The predicted octanol–water partition coefficient (Wildman–Crippen LogP) is 3.15. The normalized spacial score (nSPS) is 14.6. The number of ether oxygens (including phenoxy) is 1. The van der Waals surface area contributed by atoms with Crippen molar-refractivity contribution in [2.45, 2.75) is 26.8 Å². The van der Waals surface area contributed by atoms with Crippen LogP contribution in [-0.2, 0) is 13.0 Å². The quantitative estimate of drug-likeness (QED) is 0.375. The summed E-state index contributed by atoms with van der Waals surface area (Å²) in [5.41, 5.74) is 2.20. The lowest BCUT2D eigenvalue weighted by Crippen LogP contribution is -2.52. The van der Waals surface area contributed by atoms with Gasteiger partial charge in [-0.3, -0.25) is 0 Å². The van der Waals surface area contributed by atoms with Crippen LogP contribution in [0.1, 0.15) is 25.3 Å². The minimum Gasteiger partial charge on any atom is -0.497 e. The summed E-state index contributed by atoms with van der Waals surface area (Å²) in [7, 11) is 1.69. The molecule has 1 aromatic carbocycles. The van der Waals surface area contributed by atoms with Gasteiger partial charge in [-0.25, -0.2) is 4.99 Å². The summed E-state index contributed by atoms with van der Waals surface area (Å²) in [5, 5.41) is 7.42. The molecule has 0 radical (unpaired) electrons. The third-order valence-corrected chi connectivity index (χ3v) is 4.71. The fourth-order valence-corrected chi connectivity index (χ4v) is 3.15. The van der Waals surface area contributed by atoms with Gasteiger partial charge in [-0.05, 0) is 37.6 Å². The van der Waals surface area contributed by atoms with Crippen LogP contribution in [0.4, 0.5) is 5.69 Å². The number of piperazine rings is 1. The number of guanidine groups is 1. The first kappa shape index (κ1) is 22.3. The van der Waals surface area contributed by atoms with Crippen LogP contribution in [0.2, 0.25) is 0 Å². The van der Waals surface area contributed by atoms with E-state index >= 15 is 0 Å². The number of rotatable bonds is 6. The Balaban J connectivity index is 0.00000280. The highest BCUT2D eigenvalue weighted by molar-refractivity contribution is 14.0. The predicted molar refractivity (Wildman–Crippen MR) is 123 cm³/mol. The Morgan fingerprint density at radius 1 is 1.18 bits per heavy atom. The zero-order valence-corrected chi connectivity index (χ0v) is 19.2. The van der Waals surface area contributed by atoms with Crippen molar-refractivity contribution in [3.8, 4) is 5.75 Å². The van der Waals surface area contributed by atoms with Gasteiger partial charge in [-0.2, -0.15) is 0 Å². The van der Waals surface area contributed by atoms with Crippen molar-refractivity contribution in [2.75, 3.05) is 44.7 Å². The maximum Gasteiger partial charge on any atom is 0.194 e. The van der Waals surface area contributed by atoms with Gasteiger partial charge < -0.3 is 24.4 Å². The maximum atomic E-state index is 5.34. The Hall–Kier alpha value is -1.97. The summed E-state index contributed by atoms with van der Waals surface area (Å²) >= 11 is 0. The lowest BCUT2D eigenvalue weighted by Gasteiger charge is -2.37. The molecule has 0 amide bonds. The van der Waals surface area contributed by atoms with E-state index < -0.39 is 0 Å². The molecule has 3 rings (SSSR count). The highest BCUT2D eigenvalue weighted by Gasteiger charge is 2.20. The molecule has 28 heavy (non-hydrogen) atoms. The first-order chi connectivity index (χ1) is 13.2. The lowest BCUT2D eigenvalue weighted by molar-refractivity contribution is 0.364. The van der Waals surface area contributed by atoms with Crippen LogP contribution in [-0.4, -0.2) is 55.8 Å². The minimum atomic E-state index is 0. The van der Waals surface area contributed by atoms with Gasteiger partial charge in [0.15, 0.2) is 11.7 Å². The topological polar surface area (TPSA) is 66.1 Å². The van der Waals surface area contributed by atoms with Gasteiger partial charge in [0.1, 0.15) is 12.3 Å². The van der Waals surface area contributed by atoms with E-state index in [0.29, 0.717) is 6.54 Å². The number of aromatic nitrogens is 1. The molecular formula is C20H30IN5O2. The zero-order chi connectivity index (χ0) is 19.1. The Bertz CT molecular complexity index is 739. The van der Waals surface area contributed by atoms with E-state index in [-0.39, 0.29) is 24.0 Å². The van der Waals surface area contributed by atoms with Crippen LogP contribution in [0.15, 0.2) is 39.8 Å².